The van der Waals surface area contributed by atoms with Gasteiger partial charge in [-0.2, -0.15) is 5.10 Å². The zero-order chi connectivity index (χ0) is 21.5. The molecule has 32 heavy (non-hydrogen) atoms. The van der Waals surface area contributed by atoms with Crippen LogP contribution < -0.4 is 5.73 Å². The summed E-state index contributed by atoms with van der Waals surface area (Å²) in [6, 6.07) is 17.4. The van der Waals surface area contributed by atoms with E-state index >= 15 is 0 Å². The van der Waals surface area contributed by atoms with Gasteiger partial charge in [-0.15, -0.1) is 0 Å². The van der Waals surface area contributed by atoms with Crippen LogP contribution in [-0.4, -0.2) is 43.1 Å². The van der Waals surface area contributed by atoms with E-state index in [-0.39, 0.29) is 0 Å². The lowest BCUT2D eigenvalue weighted by Crippen LogP contribution is -2.50. The Morgan fingerprint density at radius 1 is 1.00 bits per heavy atom. The van der Waals surface area contributed by atoms with Crippen LogP contribution in [0.4, 0.5) is 0 Å². The molecular formula is C26H28N6. The summed E-state index contributed by atoms with van der Waals surface area (Å²) in [5, 5.41) is 4.52. The molecular weight excluding hydrogens is 396 g/mol. The molecule has 4 aromatic rings. The van der Waals surface area contributed by atoms with E-state index in [9.17, 15) is 0 Å². The molecule has 1 aliphatic carbocycles. The molecule has 2 fully saturated rings. The summed E-state index contributed by atoms with van der Waals surface area (Å²) in [4.78, 5) is 12.2. The van der Waals surface area contributed by atoms with Crippen molar-refractivity contribution in [3.8, 4) is 22.5 Å². The Bertz CT molecular complexity index is 1230. The van der Waals surface area contributed by atoms with Gasteiger partial charge in [0.25, 0.3) is 0 Å². The Morgan fingerprint density at radius 2 is 1.91 bits per heavy atom. The smallest absolute Gasteiger partial charge is 0.164 e. The minimum absolute atomic E-state index is 0.307. The molecule has 2 aliphatic rings. The van der Waals surface area contributed by atoms with Gasteiger partial charge in [0.05, 0.1) is 23.1 Å². The number of nitrogens with zero attached hydrogens (tertiary/aromatic N) is 5. The molecule has 6 heteroatoms. The van der Waals surface area contributed by atoms with Crippen LogP contribution in [0.3, 0.4) is 0 Å². The van der Waals surface area contributed by atoms with Crippen LogP contribution in [0.15, 0.2) is 67.1 Å². The Balaban J connectivity index is 1.32. The van der Waals surface area contributed by atoms with E-state index in [1.807, 2.05) is 47.4 Å². The van der Waals surface area contributed by atoms with Gasteiger partial charge in [-0.05, 0) is 61.9 Å². The van der Waals surface area contributed by atoms with Gasteiger partial charge in [-0.3, -0.25) is 9.88 Å². The zero-order valence-electron chi connectivity index (χ0n) is 18.1. The van der Waals surface area contributed by atoms with E-state index in [2.05, 4.69) is 39.2 Å². The second-order valence-corrected chi connectivity index (χ2v) is 9.16. The van der Waals surface area contributed by atoms with Gasteiger partial charge in [-0.25, -0.2) is 9.50 Å². The Labute approximate surface area is 188 Å². The van der Waals surface area contributed by atoms with Crippen molar-refractivity contribution in [2.24, 2.45) is 11.7 Å². The minimum atomic E-state index is 0.307. The molecule has 6 nitrogen and oxygen atoms in total. The highest BCUT2D eigenvalue weighted by atomic mass is 15.2. The maximum Gasteiger partial charge on any atom is 0.164 e. The van der Waals surface area contributed by atoms with Crippen LogP contribution in [0, 0.1) is 5.92 Å². The largest absolute Gasteiger partial charge is 0.326 e. The monoisotopic (exact) mass is 424 g/mol. The molecule has 0 bridgehead atoms. The molecule has 1 saturated carbocycles. The normalized spacial score (nSPS) is 23.5. The second-order valence-electron chi connectivity index (χ2n) is 9.16. The van der Waals surface area contributed by atoms with Gasteiger partial charge >= 0.3 is 0 Å². The van der Waals surface area contributed by atoms with E-state index in [4.69, 9.17) is 10.7 Å². The Morgan fingerprint density at radius 3 is 2.81 bits per heavy atom. The van der Waals surface area contributed by atoms with Crippen molar-refractivity contribution < 1.29 is 0 Å². The molecule has 2 N–H and O–H groups in total. The number of hydrogen-bond donors (Lipinski definition) is 1. The van der Waals surface area contributed by atoms with Crippen LogP contribution in [0.2, 0.25) is 0 Å². The molecule has 6 rings (SSSR count). The summed E-state index contributed by atoms with van der Waals surface area (Å²) in [5.74, 6) is 0.764. The lowest BCUT2D eigenvalue weighted by Gasteiger charge is -2.39. The number of benzene rings is 1. The van der Waals surface area contributed by atoms with E-state index in [1.54, 1.807) is 0 Å². The highest BCUT2D eigenvalue weighted by Gasteiger charge is 2.39. The number of fused-ring (bicyclic) bond motifs is 2. The number of aromatic nitrogens is 4. The van der Waals surface area contributed by atoms with Gasteiger partial charge in [0, 0.05) is 36.6 Å². The van der Waals surface area contributed by atoms with Crippen molar-refractivity contribution in [2.75, 3.05) is 6.54 Å². The maximum absolute atomic E-state index is 6.49. The summed E-state index contributed by atoms with van der Waals surface area (Å²) in [6.07, 6.45) is 10.8. The lowest BCUT2D eigenvalue weighted by molar-refractivity contribution is 0.0962. The topological polar surface area (TPSA) is 72.3 Å². The molecule has 4 heterocycles. The van der Waals surface area contributed by atoms with Crippen molar-refractivity contribution in [1.82, 2.24) is 24.5 Å². The molecule has 0 spiro atoms. The number of likely N-dealkylation sites (tertiary alicyclic amines) is 1. The highest BCUT2D eigenvalue weighted by molar-refractivity contribution is 5.76. The quantitative estimate of drug-likeness (QED) is 0.533. The third kappa shape index (κ3) is 3.49. The average Bonchev–Trinajstić information content (AvgIpc) is 3.44. The summed E-state index contributed by atoms with van der Waals surface area (Å²) in [7, 11) is 0. The molecule has 0 amide bonds. The SMILES string of the molecule is N[C@H]1CC[C@H]2CCCN(Cc3ccnc(-c4cnn5ccc(-c6ccccc6)nc45)c3)[C@H]21. The standard InChI is InChI=1S/C26H28N6/c27-22-9-8-20-7-4-13-31(25(20)22)17-18-10-12-28-24(15-18)21-16-29-32-14-11-23(30-26(21)32)19-5-2-1-3-6-19/h1-3,5-6,10-12,14-16,20,22,25H,4,7-9,13,17,27H2/t20-,22+,25-/m1/s1. The van der Waals surface area contributed by atoms with Crippen LogP contribution in [0.5, 0.6) is 0 Å². The predicted octanol–water partition coefficient (Wildman–Crippen LogP) is 4.16. The Kier molecular flexibility index (Phi) is 4.97. The third-order valence-electron chi connectivity index (χ3n) is 7.16. The molecule has 1 saturated heterocycles. The van der Waals surface area contributed by atoms with Crippen molar-refractivity contribution >= 4 is 5.65 Å². The van der Waals surface area contributed by atoms with Crippen molar-refractivity contribution in [2.45, 2.75) is 44.3 Å². The van der Waals surface area contributed by atoms with Crippen molar-refractivity contribution in [3.05, 3.63) is 72.7 Å². The molecule has 3 atom stereocenters. The van der Waals surface area contributed by atoms with Crippen LogP contribution in [0.1, 0.15) is 31.2 Å². The van der Waals surface area contributed by atoms with Crippen LogP contribution in [0.25, 0.3) is 28.2 Å². The fourth-order valence-electron chi connectivity index (χ4n) is 5.65. The first-order valence-corrected chi connectivity index (χ1v) is 11.6. The summed E-state index contributed by atoms with van der Waals surface area (Å²) >= 11 is 0. The molecule has 162 valence electrons. The molecule has 1 aliphatic heterocycles. The van der Waals surface area contributed by atoms with Crippen molar-refractivity contribution in [3.63, 3.8) is 0 Å². The first-order valence-electron chi connectivity index (χ1n) is 11.6. The number of hydrogen-bond acceptors (Lipinski definition) is 5. The van der Waals surface area contributed by atoms with Gasteiger partial charge in [0.1, 0.15) is 0 Å². The fourth-order valence-corrected chi connectivity index (χ4v) is 5.65. The minimum Gasteiger partial charge on any atom is -0.326 e. The van der Waals surface area contributed by atoms with Gasteiger partial charge < -0.3 is 5.73 Å². The maximum atomic E-state index is 6.49. The summed E-state index contributed by atoms with van der Waals surface area (Å²) in [6.45, 7) is 2.05. The molecule has 1 aromatic carbocycles. The van der Waals surface area contributed by atoms with Gasteiger partial charge in [0.15, 0.2) is 5.65 Å². The first kappa shape index (κ1) is 19.6. The highest BCUT2D eigenvalue weighted by Crippen LogP contribution is 2.37. The van der Waals surface area contributed by atoms with E-state index in [0.29, 0.717) is 12.1 Å². The second kappa shape index (κ2) is 8.11. The predicted molar refractivity (Wildman–Crippen MR) is 126 cm³/mol. The zero-order valence-corrected chi connectivity index (χ0v) is 18.1. The van der Waals surface area contributed by atoms with E-state index in [1.165, 1.54) is 24.8 Å². The van der Waals surface area contributed by atoms with Crippen molar-refractivity contribution in [1.29, 1.82) is 0 Å². The Hall–Kier alpha value is -3.09. The molecule has 0 radical (unpaired) electrons. The molecule has 3 aromatic heterocycles. The van der Waals surface area contributed by atoms with E-state index < -0.39 is 0 Å². The van der Waals surface area contributed by atoms with Gasteiger partial charge in [-0.1, -0.05) is 30.3 Å². The molecule has 0 unspecified atom stereocenters. The van der Waals surface area contributed by atoms with E-state index in [0.717, 1.165) is 53.6 Å². The third-order valence-corrected chi connectivity index (χ3v) is 7.16. The van der Waals surface area contributed by atoms with Gasteiger partial charge in [0.2, 0.25) is 0 Å². The average molecular weight is 425 g/mol. The fraction of sp³-hybridized carbons (Fsp3) is 0.346. The van der Waals surface area contributed by atoms with Crippen LogP contribution >= 0.6 is 0 Å². The number of rotatable bonds is 4. The summed E-state index contributed by atoms with van der Waals surface area (Å²) in [5.41, 5.74) is 12.5. The first-order chi connectivity index (χ1) is 15.8. The lowest BCUT2D eigenvalue weighted by atomic mass is 9.90. The van der Waals surface area contributed by atoms with Crippen LogP contribution in [-0.2, 0) is 6.54 Å². The number of pyridine rings is 1. The summed E-state index contributed by atoms with van der Waals surface area (Å²) < 4.78 is 1.82. The number of piperidine rings is 1. The number of nitrogens with two attached hydrogens (primary N) is 1.